The fourth-order valence-electron chi connectivity index (χ4n) is 0.824. The Morgan fingerprint density at radius 1 is 1.38 bits per heavy atom. The molecule has 0 fully saturated rings. The molecule has 0 bridgehead atoms. The molecule has 0 rings (SSSR count). The third-order valence-corrected chi connectivity index (χ3v) is 1.63. The van der Waals surface area contributed by atoms with Gasteiger partial charge in [-0.05, 0) is 26.7 Å². The zero-order valence-corrected chi connectivity index (χ0v) is 8.21. The van der Waals surface area contributed by atoms with Gasteiger partial charge in [0.15, 0.2) is 5.78 Å². The molecule has 0 aromatic heterocycles. The summed E-state index contributed by atoms with van der Waals surface area (Å²) in [5, 5.41) is 0. The predicted molar refractivity (Wildman–Crippen MR) is 49.4 cm³/mol. The standard InChI is InChI=1S/C9H17NO3/c1-7(11)6-13-5-3-4-9(10)8(2)12/h9H,3-6,10H2,1-2H3. The summed E-state index contributed by atoms with van der Waals surface area (Å²) in [6.07, 6.45) is 1.33. The zero-order chi connectivity index (χ0) is 10.3. The fourth-order valence-corrected chi connectivity index (χ4v) is 0.824. The Balaban J connectivity index is 3.26. The quantitative estimate of drug-likeness (QED) is 0.581. The predicted octanol–water partition coefficient (Wildman–Crippen LogP) is 0.288. The van der Waals surface area contributed by atoms with Crippen molar-refractivity contribution in [1.82, 2.24) is 0 Å². The van der Waals surface area contributed by atoms with Gasteiger partial charge < -0.3 is 10.5 Å². The third-order valence-electron chi connectivity index (χ3n) is 1.63. The first-order valence-electron chi connectivity index (χ1n) is 4.37. The summed E-state index contributed by atoms with van der Waals surface area (Å²) in [5.74, 6) is 0.00225. The number of rotatable bonds is 7. The van der Waals surface area contributed by atoms with Crippen molar-refractivity contribution >= 4 is 11.6 Å². The molecular weight excluding hydrogens is 170 g/mol. The first kappa shape index (κ1) is 12.3. The van der Waals surface area contributed by atoms with Crippen LogP contribution in [0.25, 0.3) is 0 Å². The molecule has 76 valence electrons. The topological polar surface area (TPSA) is 69.4 Å². The van der Waals surface area contributed by atoms with Crippen LogP contribution in [-0.2, 0) is 14.3 Å². The molecule has 4 nitrogen and oxygen atoms in total. The smallest absolute Gasteiger partial charge is 0.155 e. The number of nitrogens with two attached hydrogens (primary N) is 1. The van der Waals surface area contributed by atoms with Crippen LogP contribution in [0.1, 0.15) is 26.7 Å². The number of hydrogen-bond acceptors (Lipinski definition) is 4. The van der Waals surface area contributed by atoms with Crippen LogP contribution in [0.4, 0.5) is 0 Å². The van der Waals surface area contributed by atoms with Crippen molar-refractivity contribution in [3.63, 3.8) is 0 Å². The van der Waals surface area contributed by atoms with Crippen LogP contribution in [0.3, 0.4) is 0 Å². The van der Waals surface area contributed by atoms with Gasteiger partial charge in [-0.2, -0.15) is 0 Å². The molecule has 0 aliphatic rings. The Morgan fingerprint density at radius 3 is 2.46 bits per heavy atom. The Morgan fingerprint density at radius 2 is 2.00 bits per heavy atom. The summed E-state index contributed by atoms with van der Waals surface area (Å²) in [7, 11) is 0. The summed E-state index contributed by atoms with van der Waals surface area (Å²) in [6.45, 7) is 3.58. The van der Waals surface area contributed by atoms with Crippen molar-refractivity contribution in [3.8, 4) is 0 Å². The van der Waals surface area contributed by atoms with E-state index in [1.54, 1.807) is 0 Å². The lowest BCUT2D eigenvalue weighted by Gasteiger charge is -2.06. The number of Topliss-reactive ketones (excluding diaryl/α,β-unsaturated/α-hetero) is 2. The molecule has 0 aromatic carbocycles. The van der Waals surface area contributed by atoms with E-state index in [1.165, 1.54) is 13.8 Å². The average molecular weight is 187 g/mol. The molecule has 0 aliphatic carbocycles. The highest BCUT2D eigenvalue weighted by molar-refractivity contribution is 5.81. The second-order valence-electron chi connectivity index (χ2n) is 3.11. The molecule has 0 saturated heterocycles. The molecule has 0 amide bonds. The summed E-state index contributed by atoms with van der Waals surface area (Å²) in [4.78, 5) is 21.1. The highest BCUT2D eigenvalue weighted by Crippen LogP contribution is 1.96. The van der Waals surface area contributed by atoms with Gasteiger partial charge in [-0.1, -0.05) is 0 Å². The Kier molecular flexibility index (Phi) is 6.36. The van der Waals surface area contributed by atoms with E-state index in [2.05, 4.69) is 0 Å². The van der Waals surface area contributed by atoms with Gasteiger partial charge >= 0.3 is 0 Å². The van der Waals surface area contributed by atoms with Crippen LogP contribution in [0.15, 0.2) is 0 Å². The lowest BCUT2D eigenvalue weighted by Crippen LogP contribution is -2.28. The zero-order valence-electron chi connectivity index (χ0n) is 8.21. The monoisotopic (exact) mass is 187 g/mol. The number of ketones is 2. The first-order chi connectivity index (χ1) is 6.04. The number of carbonyl (C=O) groups excluding carboxylic acids is 2. The van der Waals surface area contributed by atoms with E-state index in [1.807, 2.05) is 0 Å². The van der Waals surface area contributed by atoms with Crippen LogP contribution >= 0.6 is 0 Å². The fraction of sp³-hybridized carbons (Fsp3) is 0.778. The van der Waals surface area contributed by atoms with Crippen molar-refractivity contribution in [2.75, 3.05) is 13.2 Å². The molecule has 0 aliphatic heterocycles. The largest absolute Gasteiger partial charge is 0.374 e. The molecule has 1 atom stereocenters. The maximum Gasteiger partial charge on any atom is 0.155 e. The van der Waals surface area contributed by atoms with Gasteiger partial charge in [-0.15, -0.1) is 0 Å². The van der Waals surface area contributed by atoms with Crippen molar-refractivity contribution in [3.05, 3.63) is 0 Å². The van der Waals surface area contributed by atoms with E-state index in [-0.39, 0.29) is 24.2 Å². The van der Waals surface area contributed by atoms with Gasteiger partial charge in [0.05, 0.1) is 6.04 Å². The van der Waals surface area contributed by atoms with Crippen LogP contribution < -0.4 is 5.73 Å². The second kappa shape index (κ2) is 6.74. The number of hydrogen-bond donors (Lipinski definition) is 1. The van der Waals surface area contributed by atoms with E-state index in [0.29, 0.717) is 19.4 Å². The lowest BCUT2D eigenvalue weighted by molar-refractivity contribution is -0.122. The van der Waals surface area contributed by atoms with Gasteiger partial charge in [0, 0.05) is 6.61 Å². The molecular formula is C9H17NO3. The molecule has 1 unspecified atom stereocenters. The second-order valence-corrected chi connectivity index (χ2v) is 3.11. The minimum Gasteiger partial charge on any atom is -0.374 e. The van der Waals surface area contributed by atoms with E-state index in [0.717, 1.165) is 0 Å². The van der Waals surface area contributed by atoms with Gasteiger partial charge in [-0.25, -0.2) is 0 Å². The van der Waals surface area contributed by atoms with Crippen LogP contribution in [0, 0.1) is 0 Å². The first-order valence-corrected chi connectivity index (χ1v) is 4.37. The number of carbonyl (C=O) groups is 2. The molecule has 4 heteroatoms. The highest BCUT2D eigenvalue weighted by Gasteiger charge is 2.06. The highest BCUT2D eigenvalue weighted by atomic mass is 16.5. The van der Waals surface area contributed by atoms with E-state index >= 15 is 0 Å². The summed E-state index contributed by atoms with van der Waals surface area (Å²) in [5.41, 5.74) is 5.49. The normalized spacial score (nSPS) is 12.5. The van der Waals surface area contributed by atoms with Crippen LogP contribution in [0.5, 0.6) is 0 Å². The van der Waals surface area contributed by atoms with Gasteiger partial charge in [0.25, 0.3) is 0 Å². The average Bonchev–Trinajstić information content (AvgIpc) is 2.02. The van der Waals surface area contributed by atoms with Crippen molar-refractivity contribution in [2.24, 2.45) is 5.73 Å². The van der Waals surface area contributed by atoms with Gasteiger partial charge in [0.1, 0.15) is 12.4 Å². The Bertz CT molecular complexity index is 180. The maximum atomic E-state index is 10.7. The molecule has 0 heterocycles. The molecule has 0 aromatic rings. The van der Waals surface area contributed by atoms with Crippen molar-refractivity contribution in [2.45, 2.75) is 32.7 Å². The third kappa shape index (κ3) is 7.62. The summed E-state index contributed by atoms with van der Waals surface area (Å²) >= 11 is 0. The SMILES string of the molecule is CC(=O)COCCCC(N)C(C)=O. The van der Waals surface area contributed by atoms with Gasteiger partial charge in [-0.3, -0.25) is 9.59 Å². The molecule has 2 N–H and O–H groups in total. The molecule has 0 saturated carbocycles. The molecule has 0 spiro atoms. The van der Waals surface area contributed by atoms with E-state index in [9.17, 15) is 9.59 Å². The van der Waals surface area contributed by atoms with Gasteiger partial charge in [0.2, 0.25) is 0 Å². The Hall–Kier alpha value is -0.740. The molecule has 0 radical (unpaired) electrons. The van der Waals surface area contributed by atoms with Crippen LogP contribution in [0.2, 0.25) is 0 Å². The molecule has 13 heavy (non-hydrogen) atoms. The number of ether oxygens (including phenoxy) is 1. The van der Waals surface area contributed by atoms with E-state index in [4.69, 9.17) is 10.5 Å². The minimum atomic E-state index is -0.388. The lowest BCUT2D eigenvalue weighted by atomic mass is 10.1. The van der Waals surface area contributed by atoms with Crippen molar-refractivity contribution in [1.29, 1.82) is 0 Å². The minimum absolute atomic E-state index is 0.00781. The summed E-state index contributed by atoms with van der Waals surface area (Å²) < 4.78 is 5.01. The van der Waals surface area contributed by atoms with E-state index < -0.39 is 0 Å². The summed E-state index contributed by atoms with van der Waals surface area (Å²) in [6, 6.07) is -0.388. The van der Waals surface area contributed by atoms with Crippen LogP contribution in [-0.4, -0.2) is 30.8 Å². The van der Waals surface area contributed by atoms with Crippen molar-refractivity contribution < 1.29 is 14.3 Å². The Labute approximate surface area is 78.4 Å². The maximum absolute atomic E-state index is 10.7.